The van der Waals surface area contributed by atoms with Crippen LogP contribution in [0.3, 0.4) is 0 Å². The summed E-state index contributed by atoms with van der Waals surface area (Å²) in [6, 6.07) is 11.8. The Morgan fingerprint density at radius 2 is 0.717 bits per heavy atom. The number of hydrogen-bond donors (Lipinski definition) is 0. The number of benzene rings is 7. The molecule has 0 saturated carbocycles. The molecular weight excluding hydrogens is 558 g/mol. The molecule has 0 aliphatic heterocycles. The topological polar surface area (TPSA) is 38.7 Å². The van der Waals surface area contributed by atoms with Gasteiger partial charge in [-0.05, 0) is 74.4 Å². The van der Waals surface area contributed by atoms with Crippen molar-refractivity contribution >= 4 is 10.8 Å². The van der Waals surface area contributed by atoms with Crippen molar-refractivity contribution in [2.45, 2.75) is 0 Å². The van der Waals surface area contributed by atoms with Gasteiger partial charge in [-0.3, -0.25) is 0 Å². The molecule has 0 amide bonds. The van der Waals surface area contributed by atoms with Gasteiger partial charge in [0, 0.05) is 16.7 Å². The second kappa shape index (κ2) is 12.1. The summed E-state index contributed by atoms with van der Waals surface area (Å²) in [5.74, 6) is 0.598. The van der Waals surface area contributed by atoms with E-state index in [0.717, 1.165) is 0 Å². The second-order valence-electron chi connectivity index (χ2n) is 10.1. The Labute approximate surface area is 291 Å². The molecule has 0 fully saturated rings. The minimum Gasteiger partial charge on any atom is -0.208 e. The van der Waals surface area contributed by atoms with E-state index in [4.69, 9.17) is 32.8 Å². The highest BCUT2D eigenvalue weighted by atomic mass is 15.0. The van der Waals surface area contributed by atoms with Gasteiger partial charge in [-0.1, -0.05) is 145 Å². The molecule has 0 N–H and O–H groups in total. The lowest BCUT2D eigenvalue weighted by molar-refractivity contribution is 1.07. The maximum absolute atomic E-state index is 9.48. The van der Waals surface area contributed by atoms with Gasteiger partial charge in [0.15, 0.2) is 17.5 Å². The van der Waals surface area contributed by atoms with Crippen LogP contribution in [-0.2, 0) is 0 Å². The van der Waals surface area contributed by atoms with Gasteiger partial charge in [0.05, 0.1) is 21.9 Å². The van der Waals surface area contributed by atoms with Crippen LogP contribution in [0.4, 0.5) is 0 Å². The first-order valence-corrected chi connectivity index (χ1v) is 14.1. The maximum Gasteiger partial charge on any atom is 0.164 e. The number of hydrogen-bond acceptors (Lipinski definition) is 3. The standard InChI is InChI=1S/C43H29N3/c1-5-13-30(14-6-1)34-21-22-36-26-37(24-23-35(36)25-34)39-27-38(31-15-7-2-8-16-31)28-40(29-39)43-45-41(32-17-9-3-10-18-32)44-42(46-43)33-19-11-4-12-20-33/h1-29H/i1D,2D,5D,6D,7D,8D,13D,14D,15D,16D,21D,22D,23D,24D,25D,26D. The average Bonchev–Trinajstić information content (AvgIpc) is 3.28. The van der Waals surface area contributed by atoms with Gasteiger partial charge >= 0.3 is 0 Å². The van der Waals surface area contributed by atoms with Gasteiger partial charge in [-0.25, -0.2) is 15.0 Å². The molecule has 0 aliphatic carbocycles. The molecule has 8 aromatic rings. The number of fused-ring (bicyclic) bond motifs is 1. The fraction of sp³-hybridized carbons (Fsp3) is 0. The first-order chi connectivity index (χ1) is 29.4. The van der Waals surface area contributed by atoms with Gasteiger partial charge in [-0.2, -0.15) is 0 Å². The number of nitrogens with zero attached hydrogens (tertiary/aromatic N) is 3. The van der Waals surface area contributed by atoms with Crippen LogP contribution in [0.15, 0.2) is 176 Å². The summed E-state index contributed by atoms with van der Waals surface area (Å²) in [7, 11) is 0. The normalized spacial score (nSPS) is 15.9. The Balaban J connectivity index is 1.47. The van der Waals surface area contributed by atoms with Crippen LogP contribution >= 0.6 is 0 Å². The molecule has 0 unspecified atom stereocenters. The Morgan fingerprint density at radius 1 is 0.326 bits per heavy atom. The predicted molar refractivity (Wildman–Crippen MR) is 190 cm³/mol. The van der Waals surface area contributed by atoms with Gasteiger partial charge in [0.25, 0.3) is 0 Å². The molecule has 46 heavy (non-hydrogen) atoms. The van der Waals surface area contributed by atoms with Crippen LogP contribution in [-0.4, -0.2) is 15.0 Å². The Bertz CT molecular complexity index is 3080. The van der Waals surface area contributed by atoms with Crippen LogP contribution in [0, 0.1) is 0 Å². The molecule has 0 saturated heterocycles. The van der Waals surface area contributed by atoms with E-state index in [1.54, 1.807) is 48.5 Å². The lowest BCUT2D eigenvalue weighted by Gasteiger charge is -2.13. The Morgan fingerprint density at radius 3 is 1.22 bits per heavy atom. The van der Waals surface area contributed by atoms with Crippen LogP contribution in [0.1, 0.15) is 21.9 Å². The number of rotatable bonds is 6. The third-order valence-corrected chi connectivity index (χ3v) is 7.09. The highest BCUT2D eigenvalue weighted by molar-refractivity contribution is 5.92. The maximum atomic E-state index is 9.48. The van der Waals surface area contributed by atoms with Gasteiger partial charge in [-0.15, -0.1) is 0 Å². The van der Waals surface area contributed by atoms with Crippen molar-refractivity contribution in [2.75, 3.05) is 0 Å². The predicted octanol–water partition coefficient (Wildman–Crippen LogP) is 11.0. The molecule has 8 rings (SSSR count). The minimum absolute atomic E-state index is 0.00445. The zero-order chi connectivity index (χ0) is 44.6. The average molecular weight is 604 g/mol. The van der Waals surface area contributed by atoms with Gasteiger partial charge < -0.3 is 0 Å². The highest BCUT2D eigenvalue weighted by Crippen LogP contribution is 2.35. The molecule has 0 aliphatic rings. The summed E-state index contributed by atoms with van der Waals surface area (Å²) >= 11 is 0. The van der Waals surface area contributed by atoms with Crippen LogP contribution in [0.5, 0.6) is 0 Å². The summed E-state index contributed by atoms with van der Waals surface area (Å²) < 4.78 is 139. The first kappa shape index (κ1) is 15.2. The summed E-state index contributed by atoms with van der Waals surface area (Å²) in [6.07, 6.45) is 0. The van der Waals surface area contributed by atoms with E-state index in [0.29, 0.717) is 11.1 Å². The highest BCUT2D eigenvalue weighted by Gasteiger charge is 2.15. The lowest BCUT2D eigenvalue weighted by Crippen LogP contribution is -2.00. The van der Waals surface area contributed by atoms with Crippen molar-refractivity contribution in [2.24, 2.45) is 0 Å². The van der Waals surface area contributed by atoms with E-state index < -0.39 is 119 Å². The molecule has 3 nitrogen and oxygen atoms in total. The van der Waals surface area contributed by atoms with E-state index in [1.807, 2.05) is 12.1 Å². The first-order valence-electron chi connectivity index (χ1n) is 22.1. The fourth-order valence-electron chi connectivity index (χ4n) is 4.90. The Kier molecular flexibility index (Phi) is 3.99. The van der Waals surface area contributed by atoms with E-state index in [1.165, 1.54) is 18.2 Å². The molecule has 0 spiro atoms. The molecule has 0 atom stereocenters. The van der Waals surface area contributed by atoms with Gasteiger partial charge in [0.2, 0.25) is 0 Å². The summed E-state index contributed by atoms with van der Waals surface area (Å²) in [5.41, 5.74) is -0.0845. The third kappa shape index (κ3) is 5.58. The lowest BCUT2D eigenvalue weighted by atomic mass is 9.94. The number of aromatic nitrogens is 3. The van der Waals surface area contributed by atoms with Crippen molar-refractivity contribution in [1.29, 1.82) is 0 Å². The van der Waals surface area contributed by atoms with Crippen molar-refractivity contribution in [3.63, 3.8) is 0 Å². The zero-order valence-electron chi connectivity index (χ0n) is 39.8. The molecule has 1 aromatic heterocycles. The van der Waals surface area contributed by atoms with Gasteiger partial charge in [0.1, 0.15) is 0 Å². The summed E-state index contributed by atoms with van der Waals surface area (Å²) in [4.78, 5) is 14.3. The second-order valence-corrected chi connectivity index (χ2v) is 10.1. The van der Waals surface area contributed by atoms with E-state index in [-0.39, 0.29) is 45.3 Å². The summed E-state index contributed by atoms with van der Waals surface area (Å²) in [6.45, 7) is 0. The molecule has 3 heteroatoms. The SMILES string of the molecule is [2H]c1c([2H])c([2H])c(-c2cc(-c3nc(-c4ccccc4)nc(-c4ccccc4)n3)cc(-c3c([2H])c([2H])c4c([2H])c(-c5c([2H])c([2H])c([2H])c([2H])c5[2H])c([2H])c([2H])c4c3[2H])c2)c([2H])c1[2H]. The fourth-order valence-corrected chi connectivity index (χ4v) is 4.90. The van der Waals surface area contributed by atoms with Crippen LogP contribution in [0.25, 0.3) is 78.3 Å². The van der Waals surface area contributed by atoms with Crippen LogP contribution < -0.4 is 0 Å². The molecule has 0 bridgehead atoms. The molecular formula is C43H29N3. The minimum atomic E-state index is -0.752. The van der Waals surface area contributed by atoms with E-state index in [9.17, 15) is 4.11 Å². The van der Waals surface area contributed by atoms with E-state index in [2.05, 4.69) is 0 Å². The van der Waals surface area contributed by atoms with Crippen molar-refractivity contribution in [3.8, 4) is 67.5 Å². The van der Waals surface area contributed by atoms with Crippen LogP contribution in [0.2, 0.25) is 0 Å². The quantitative estimate of drug-likeness (QED) is 0.190. The molecule has 7 aromatic carbocycles. The van der Waals surface area contributed by atoms with E-state index >= 15 is 0 Å². The Hall–Kier alpha value is -6.19. The van der Waals surface area contributed by atoms with Crippen molar-refractivity contribution in [3.05, 3.63) is 176 Å². The zero-order valence-corrected chi connectivity index (χ0v) is 23.8. The third-order valence-electron chi connectivity index (χ3n) is 7.09. The molecule has 1 heterocycles. The summed E-state index contributed by atoms with van der Waals surface area (Å²) in [5, 5.41) is -0.842. The molecule has 216 valence electrons. The van der Waals surface area contributed by atoms with Crippen molar-refractivity contribution in [1.82, 2.24) is 15.0 Å². The smallest absolute Gasteiger partial charge is 0.164 e. The largest absolute Gasteiger partial charge is 0.208 e. The molecule has 0 radical (unpaired) electrons. The van der Waals surface area contributed by atoms with Crippen molar-refractivity contribution < 1.29 is 21.9 Å². The monoisotopic (exact) mass is 603 g/mol.